The van der Waals surface area contributed by atoms with Gasteiger partial charge in [-0.25, -0.2) is 0 Å². The lowest BCUT2D eigenvalue weighted by Crippen LogP contribution is -2.31. The van der Waals surface area contributed by atoms with E-state index in [0.29, 0.717) is 17.9 Å². The molecule has 4 nitrogen and oxygen atoms in total. The van der Waals surface area contributed by atoms with Crippen molar-refractivity contribution in [2.75, 3.05) is 12.0 Å². The summed E-state index contributed by atoms with van der Waals surface area (Å²) < 4.78 is 5.10. The van der Waals surface area contributed by atoms with Crippen molar-refractivity contribution < 1.29 is 14.3 Å². The van der Waals surface area contributed by atoms with Crippen molar-refractivity contribution in [3.8, 4) is 5.75 Å². The predicted octanol–water partition coefficient (Wildman–Crippen LogP) is 2.40. The molecule has 0 aromatic heterocycles. The highest BCUT2D eigenvalue weighted by molar-refractivity contribution is 6.22. The van der Waals surface area contributed by atoms with Crippen LogP contribution in [0.2, 0.25) is 0 Å². The highest BCUT2D eigenvalue weighted by atomic mass is 16.5. The van der Waals surface area contributed by atoms with Crippen LogP contribution in [-0.4, -0.2) is 18.9 Å². The SMILES string of the molecule is COc1ccc(N2C(=O)[C@H]3[C@H](C)C=CC[C@@H]3C2=O)cc1. The second kappa shape index (κ2) is 4.78. The summed E-state index contributed by atoms with van der Waals surface area (Å²) in [5, 5.41) is 0. The van der Waals surface area contributed by atoms with Gasteiger partial charge < -0.3 is 4.74 Å². The minimum absolute atomic E-state index is 0.0815. The average molecular weight is 271 g/mol. The van der Waals surface area contributed by atoms with Crippen LogP contribution in [0, 0.1) is 17.8 Å². The second-order valence-electron chi connectivity index (χ2n) is 5.37. The van der Waals surface area contributed by atoms with E-state index in [4.69, 9.17) is 4.74 Å². The molecule has 0 radical (unpaired) electrons. The van der Waals surface area contributed by atoms with Crippen molar-refractivity contribution >= 4 is 17.5 Å². The summed E-state index contributed by atoms with van der Waals surface area (Å²) in [4.78, 5) is 26.4. The Bertz CT molecular complexity index is 576. The Balaban J connectivity index is 1.94. The van der Waals surface area contributed by atoms with Crippen molar-refractivity contribution in [3.05, 3.63) is 36.4 Å². The van der Waals surface area contributed by atoms with Gasteiger partial charge in [0.1, 0.15) is 5.75 Å². The number of amides is 2. The van der Waals surface area contributed by atoms with Gasteiger partial charge in [-0.2, -0.15) is 0 Å². The molecule has 0 unspecified atom stereocenters. The third-order valence-electron chi connectivity index (χ3n) is 4.20. The normalized spacial score (nSPS) is 28.7. The van der Waals surface area contributed by atoms with Crippen LogP contribution in [0.4, 0.5) is 5.69 Å². The van der Waals surface area contributed by atoms with Gasteiger partial charge in [-0.05, 0) is 36.6 Å². The van der Waals surface area contributed by atoms with Crippen LogP contribution < -0.4 is 9.64 Å². The molecule has 1 aromatic carbocycles. The zero-order valence-corrected chi connectivity index (χ0v) is 11.6. The lowest BCUT2D eigenvalue weighted by atomic mass is 9.78. The first-order chi connectivity index (χ1) is 9.63. The van der Waals surface area contributed by atoms with E-state index in [-0.39, 0.29) is 29.6 Å². The summed E-state index contributed by atoms with van der Waals surface area (Å²) in [7, 11) is 1.59. The minimum atomic E-state index is -0.213. The van der Waals surface area contributed by atoms with E-state index >= 15 is 0 Å². The first-order valence-corrected chi connectivity index (χ1v) is 6.82. The van der Waals surface area contributed by atoms with Crippen molar-refractivity contribution in [3.63, 3.8) is 0 Å². The number of ether oxygens (including phenoxy) is 1. The molecule has 0 bridgehead atoms. The summed E-state index contributed by atoms with van der Waals surface area (Å²) in [5.41, 5.74) is 0.627. The molecule has 2 aliphatic rings. The van der Waals surface area contributed by atoms with Crippen molar-refractivity contribution in [2.24, 2.45) is 17.8 Å². The van der Waals surface area contributed by atoms with Gasteiger partial charge in [-0.1, -0.05) is 19.1 Å². The van der Waals surface area contributed by atoms with E-state index in [1.165, 1.54) is 4.90 Å². The molecule has 1 aliphatic carbocycles. The number of carbonyl (C=O) groups excluding carboxylic acids is 2. The van der Waals surface area contributed by atoms with E-state index in [0.717, 1.165) is 0 Å². The third-order valence-corrected chi connectivity index (χ3v) is 4.20. The molecule has 104 valence electrons. The maximum absolute atomic E-state index is 12.6. The molecule has 20 heavy (non-hydrogen) atoms. The molecule has 1 fully saturated rings. The fourth-order valence-corrected chi connectivity index (χ4v) is 3.13. The molecular weight excluding hydrogens is 254 g/mol. The number of anilines is 1. The maximum atomic E-state index is 12.6. The van der Waals surface area contributed by atoms with Crippen LogP contribution in [-0.2, 0) is 9.59 Å². The molecule has 3 rings (SSSR count). The molecule has 1 saturated heterocycles. The second-order valence-corrected chi connectivity index (χ2v) is 5.37. The van der Waals surface area contributed by atoms with E-state index in [2.05, 4.69) is 0 Å². The molecule has 1 aromatic rings. The fraction of sp³-hybridized carbons (Fsp3) is 0.375. The number of fused-ring (bicyclic) bond motifs is 1. The lowest BCUT2D eigenvalue weighted by Gasteiger charge is -2.22. The van der Waals surface area contributed by atoms with Gasteiger partial charge in [0.25, 0.3) is 0 Å². The summed E-state index contributed by atoms with van der Waals surface area (Å²) in [6, 6.07) is 7.03. The smallest absolute Gasteiger partial charge is 0.238 e. The first-order valence-electron chi connectivity index (χ1n) is 6.82. The predicted molar refractivity (Wildman–Crippen MR) is 75.4 cm³/mol. The van der Waals surface area contributed by atoms with Gasteiger partial charge in [-0.15, -0.1) is 0 Å². The number of carbonyl (C=O) groups is 2. The van der Waals surface area contributed by atoms with Crippen LogP contribution in [0.5, 0.6) is 5.75 Å². The molecule has 2 amide bonds. The molecule has 1 heterocycles. The number of imide groups is 1. The molecule has 4 heteroatoms. The van der Waals surface area contributed by atoms with E-state index < -0.39 is 0 Å². The highest BCUT2D eigenvalue weighted by Gasteiger charge is 2.50. The molecule has 0 spiro atoms. The molecule has 0 saturated carbocycles. The number of hydrogen-bond donors (Lipinski definition) is 0. The maximum Gasteiger partial charge on any atom is 0.238 e. The number of hydrogen-bond acceptors (Lipinski definition) is 3. The fourth-order valence-electron chi connectivity index (χ4n) is 3.13. The third kappa shape index (κ3) is 1.83. The first kappa shape index (κ1) is 12.9. The van der Waals surface area contributed by atoms with Gasteiger partial charge in [0.05, 0.1) is 24.6 Å². The van der Waals surface area contributed by atoms with Crippen LogP contribution in [0.1, 0.15) is 13.3 Å². The Labute approximate surface area is 118 Å². The highest BCUT2D eigenvalue weighted by Crippen LogP contribution is 2.40. The number of benzene rings is 1. The average Bonchev–Trinajstić information content (AvgIpc) is 2.72. The minimum Gasteiger partial charge on any atom is -0.497 e. The van der Waals surface area contributed by atoms with Crippen molar-refractivity contribution in [1.82, 2.24) is 0 Å². The summed E-state index contributed by atoms with van der Waals surface area (Å²) in [6.45, 7) is 2.00. The van der Waals surface area contributed by atoms with Gasteiger partial charge in [0.2, 0.25) is 11.8 Å². The Hall–Kier alpha value is -2.10. The van der Waals surface area contributed by atoms with Crippen LogP contribution >= 0.6 is 0 Å². The van der Waals surface area contributed by atoms with E-state index in [1.54, 1.807) is 31.4 Å². The Kier molecular flexibility index (Phi) is 3.08. The molecular formula is C16H17NO3. The summed E-state index contributed by atoms with van der Waals surface area (Å²) in [6.07, 6.45) is 4.70. The molecule has 3 atom stereocenters. The zero-order chi connectivity index (χ0) is 14.3. The van der Waals surface area contributed by atoms with Crippen molar-refractivity contribution in [2.45, 2.75) is 13.3 Å². The Morgan fingerprint density at radius 1 is 1.15 bits per heavy atom. The van der Waals surface area contributed by atoms with Gasteiger partial charge in [0.15, 0.2) is 0 Å². The summed E-state index contributed by atoms with van der Waals surface area (Å²) in [5.74, 6) is 0.247. The molecule has 0 N–H and O–H groups in total. The van der Waals surface area contributed by atoms with Gasteiger partial charge in [-0.3, -0.25) is 14.5 Å². The summed E-state index contributed by atoms with van der Waals surface area (Å²) >= 11 is 0. The van der Waals surface area contributed by atoms with Gasteiger partial charge in [0, 0.05) is 0 Å². The Morgan fingerprint density at radius 2 is 1.85 bits per heavy atom. The van der Waals surface area contributed by atoms with Gasteiger partial charge >= 0.3 is 0 Å². The monoisotopic (exact) mass is 271 g/mol. The quantitative estimate of drug-likeness (QED) is 0.613. The molecule has 1 aliphatic heterocycles. The largest absolute Gasteiger partial charge is 0.497 e. The van der Waals surface area contributed by atoms with Crippen LogP contribution in [0.25, 0.3) is 0 Å². The Morgan fingerprint density at radius 3 is 2.45 bits per heavy atom. The van der Waals surface area contributed by atoms with Crippen LogP contribution in [0.15, 0.2) is 36.4 Å². The zero-order valence-electron chi connectivity index (χ0n) is 11.6. The number of methoxy groups -OCH3 is 1. The topological polar surface area (TPSA) is 46.6 Å². The number of allylic oxidation sites excluding steroid dienone is 2. The van der Waals surface area contributed by atoms with E-state index in [1.807, 2.05) is 19.1 Å². The van der Waals surface area contributed by atoms with Crippen molar-refractivity contribution in [1.29, 1.82) is 0 Å². The standard InChI is InChI=1S/C16H17NO3/c1-10-4-3-5-13-14(10)16(19)17(15(13)18)11-6-8-12(20-2)9-7-11/h3-4,6-10,13-14H,5H2,1-2H3/t10-,13+,14+/m1/s1. The van der Waals surface area contributed by atoms with E-state index in [9.17, 15) is 9.59 Å². The number of rotatable bonds is 2. The lowest BCUT2D eigenvalue weighted by molar-refractivity contribution is -0.122. The number of nitrogens with zero attached hydrogens (tertiary/aromatic N) is 1. The van der Waals surface area contributed by atoms with Crippen LogP contribution in [0.3, 0.4) is 0 Å².